The number of ketones is 1. The monoisotopic (exact) mass is 389 g/mol. The molecule has 0 bridgehead atoms. The van der Waals surface area contributed by atoms with Gasteiger partial charge in [-0.15, -0.1) is 0 Å². The molecule has 148 valence electrons. The smallest absolute Gasteiger partial charge is 0.219 e. The lowest BCUT2D eigenvalue weighted by molar-refractivity contribution is -0.129. The maximum Gasteiger partial charge on any atom is 0.219 e. The van der Waals surface area contributed by atoms with E-state index in [1.165, 1.54) is 0 Å². The van der Waals surface area contributed by atoms with Gasteiger partial charge in [-0.05, 0) is 24.6 Å². The van der Waals surface area contributed by atoms with E-state index < -0.39 is 0 Å². The Morgan fingerprint density at radius 2 is 1.90 bits per heavy atom. The fraction of sp³-hybridized carbons (Fsp3) is 0.273. The van der Waals surface area contributed by atoms with E-state index in [9.17, 15) is 9.59 Å². The summed E-state index contributed by atoms with van der Waals surface area (Å²) in [7, 11) is 0. The van der Waals surface area contributed by atoms with Crippen molar-refractivity contribution in [2.75, 3.05) is 31.1 Å². The van der Waals surface area contributed by atoms with Gasteiger partial charge in [-0.3, -0.25) is 9.59 Å². The van der Waals surface area contributed by atoms with Gasteiger partial charge in [-0.25, -0.2) is 9.97 Å². The van der Waals surface area contributed by atoms with Crippen LogP contribution >= 0.6 is 0 Å². The zero-order valence-corrected chi connectivity index (χ0v) is 16.6. The second kappa shape index (κ2) is 7.50. The van der Waals surface area contributed by atoms with Crippen LogP contribution in [0.15, 0.2) is 48.8 Å². The van der Waals surface area contributed by atoms with E-state index >= 15 is 0 Å². The minimum absolute atomic E-state index is 0.119. The van der Waals surface area contributed by atoms with Crippen molar-refractivity contribution in [2.45, 2.75) is 13.8 Å². The first-order valence-corrected chi connectivity index (χ1v) is 9.59. The zero-order valence-electron chi connectivity index (χ0n) is 16.6. The molecular weight excluding hydrogens is 366 g/mol. The number of allylic oxidation sites excluding steroid dienone is 1. The van der Waals surface area contributed by atoms with Crippen LogP contribution in [0.25, 0.3) is 22.4 Å². The summed E-state index contributed by atoms with van der Waals surface area (Å²) in [6.07, 6.45) is 3.34. The minimum Gasteiger partial charge on any atom is -0.368 e. The molecule has 7 heteroatoms. The zero-order chi connectivity index (χ0) is 20.5. The van der Waals surface area contributed by atoms with Crippen LogP contribution in [0.2, 0.25) is 0 Å². The number of hydrogen-bond acceptors (Lipinski definition) is 5. The SMILES string of the molecule is C=C(C)C(=O)c1c[nH]c2ncc(-c3cccc(N4CCN(C(C)=O)CC4)c3)nc12. The Hall–Kier alpha value is -3.48. The molecule has 1 fully saturated rings. The van der Waals surface area contributed by atoms with Crippen LogP contribution in [0, 0.1) is 0 Å². The third kappa shape index (κ3) is 3.63. The average molecular weight is 389 g/mol. The number of anilines is 1. The van der Waals surface area contributed by atoms with Gasteiger partial charge in [0.05, 0.1) is 17.5 Å². The van der Waals surface area contributed by atoms with Gasteiger partial charge in [0.2, 0.25) is 5.91 Å². The largest absolute Gasteiger partial charge is 0.368 e. The fourth-order valence-corrected chi connectivity index (χ4v) is 3.57. The van der Waals surface area contributed by atoms with Gasteiger partial charge in [-0.2, -0.15) is 0 Å². The summed E-state index contributed by atoms with van der Waals surface area (Å²) in [5.41, 5.74) is 4.80. The lowest BCUT2D eigenvalue weighted by Gasteiger charge is -2.35. The Bertz CT molecular complexity index is 1110. The number of hydrogen-bond donors (Lipinski definition) is 1. The molecule has 1 N–H and O–H groups in total. The lowest BCUT2D eigenvalue weighted by atomic mass is 10.1. The number of nitrogens with one attached hydrogen (secondary N) is 1. The minimum atomic E-state index is -0.139. The molecule has 29 heavy (non-hydrogen) atoms. The van der Waals surface area contributed by atoms with E-state index in [0.717, 1.165) is 37.4 Å². The van der Waals surface area contributed by atoms with E-state index in [1.54, 1.807) is 26.2 Å². The lowest BCUT2D eigenvalue weighted by Crippen LogP contribution is -2.48. The highest BCUT2D eigenvalue weighted by Gasteiger charge is 2.20. The van der Waals surface area contributed by atoms with Crippen molar-refractivity contribution < 1.29 is 9.59 Å². The highest BCUT2D eigenvalue weighted by molar-refractivity contribution is 6.14. The molecule has 0 aliphatic carbocycles. The summed E-state index contributed by atoms with van der Waals surface area (Å²) >= 11 is 0. The first kappa shape index (κ1) is 18.9. The Morgan fingerprint density at radius 1 is 1.14 bits per heavy atom. The van der Waals surface area contributed by atoms with Gasteiger partial charge < -0.3 is 14.8 Å². The molecule has 1 aromatic carbocycles. The molecule has 0 unspecified atom stereocenters. The van der Waals surface area contributed by atoms with Gasteiger partial charge in [0, 0.05) is 50.6 Å². The molecule has 1 aliphatic rings. The number of rotatable bonds is 4. The molecule has 3 aromatic rings. The molecule has 0 saturated carbocycles. The first-order valence-electron chi connectivity index (χ1n) is 9.59. The highest BCUT2D eigenvalue weighted by Crippen LogP contribution is 2.26. The molecule has 1 saturated heterocycles. The van der Waals surface area contributed by atoms with Crippen molar-refractivity contribution >= 4 is 28.5 Å². The molecule has 0 radical (unpaired) electrons. The molecule has 7 nitrogen and oxygen atoms in total. The summed E-state index contributed by atoms with van der Waals surface area (Å²) in [6.45, 7) is 10.1. The van der Waals surface area contributed by atoms with Crippen molar-refractivity contribution in [1.82, 2.24) is 19.9 Å². The van der Waals surface area contributed by atoms with Crippen molar-refractivity contribution in [3.05, 3.63) is 54.4 Å². The summed E-state index contributed by atoms with van der Waals surface area (Å²) in [6, 6.07) is 8.11. The quantitative estimate of drug-likeness (QED) is 0.548. The number of Topliss-reactive ketones (excluding diaryl/α,β-unsaturated/α-hetero) is 1. The number of aromatic nitrogens is 3. The maximum absolute atomic E-state index is 12.4. The van der Waals surface area contributed by atoms with Crippen molar-refractivity contribution in [2.24, 2.45) is 0 Å². The Kier molecular flexibility index (Phi) is 4.88. The number of nitrogens with zero attached hydrogens (tertiary/aromatic N) is 4. The number of benzene rings is 1. The third-order valence-electron chi connectivity index (χ3n) is 5.25. The Balaban J connectivity index is 1.64. The van der Waals surface area contributed by atoms with Gasteiger partial charge in [0.25, 0.3) is 0 Å². The van der Waals surface area contributed by atoms with E-state index in [2.05, 4.69) is 33.6 Å². The van der Waals surface area contributed by atoms with E-state index in [-0.39, 0.29) is 11.7 Å². The molecule has 1 aliphatic heterocycles. The number of carbonyl (C=O) groups excluding carboxylic acids is 2. The number of aromatic amines is 1. The number of amides is 1. The number of carbonyl (C=O) groups is 2. The number of piperazine rings is 1. The maximum atomic E-state index is 12.4. The molecule has 3 heterocycles. The van der Waals surface area contributed by atoms with E-state index in [4.69, 9.17) is 4.98 Å². The van der Waals surface area contributed by atoms with Gasteiger partial charge in [0.1, 0.15) is 5.52 Å². The van der Waals surface area contributed by atoms with E-state index in [0.29, 0.717) is 28.0 Å². The molecular formula is C22H23N5O2. The fourth-order valence-electron chi connectivity index (χ4n) is 3.57. The van der Waals surface area contributed by atoms with Crippen molar-refractivity contribution in [3.63, 3.8) is 0 Å². The highest BCUT2D eigenvalue weighted by atomic mass is 16.2. The van der Waals surface area contributed by atoms with Crippen LogP contribution in [0.3, 0.4) is 0 Å². The van der Waals surface area contributed by atoms with Gasteiger partial charge in [-0.1, -0.05) is 18.7 Å². The Morgan fingerprint density at radius 3 is 2.59 bits per heavy atom. The summed E-state index contributed by atoms with van der Waals surface area (Å²) in [5, 5.41) is 0. The second-order valence-corrected chi connectivity index (χ2v) is 7.31. The van der Waals surface area contributed by atoms with Gasteiger partial charge in [0.15, 0.2) is 11.4 Å². The second-order valence-electron chi connectivity index (χ2n) is 7.31. The van der Waals surface area contributed by atoms with Crippen molar-refractivity contribution in [1.29, 1.82) is 0 Å². The summed E-state index contributed by atoms with van der Waals surface area (Å²) < 4.78 is 0. The third-order valence-corrected chi connectivity index (χ3v) is 5.25. The van der Waals surface area contributed by atoms with Crippen LogP contribution in [-0.4, -0.2) is 57.7 Å². The van der Waals surface area contributed by atoms with Crippen LogP contribution in [-0.2, 0) is 4.79 Å². The van der Waals surface area contributed by atoms with Gasteiger partial charge >= 0.3 is 0 Å². The van der Waals surface area contributed by atoms with Crippen LogP contribution in [0.1, 0.15) is 24.2 Å². The Labute approximate surface area is 169 Å². The van der Waals surface area contributed by atoms with E-state index in [1.807, 2.05) is 17.0 Å². The normalized spacial score (nSPS) is 14.3. The molecule has 2 aromatic heterocycles. The summed E-state index contributed by atoms with van der Waals surface area (Å²) in [4.78, 5) is 40.2. The average Bonchev–Trinajstić information content (AvgIpc) is 3.16. The summed E-state index contributed by atoms with van der Waals surface area (Å²) in [5.74, 6) is -0.0200. The van der Waals surface area contributed by atoms with Crippen LogP contribution < -0.4 is 4.90 Å². The number of fused-ring (bicyclic) bond motifs is 1. The topological polar surface area (TPSA) is 82.2 Å². The molecule has 1 amide bonds. The molecule has 0 spiro atoms. The molecule has 0 atom stereocenters. The predicted octanol–water partition coefficient (Wildman–Crippen LogP) is 3.05. The first-order chi connectivity index (χ1) is 13.9. The van der Waals surface area contributed by atoms with Crippen LogP contribution in [0.4, 0.5) is 5.69 Å². The van der Waals surface area contributed by atoms with Crippen molar-refractivity contribution in [3.8, 4) is 11.3 Å². The molecule has 4 rings (SSSR count). The number of H-pyrrole nitrogens is 1. The standard InChI is InChI=1S/C22H23N5O2/c1-14(2)21(29)18-12-23-22-20(18)25-19(13-24-22)16-5-4-6-17(11-16)27-9-7-26(8-10-27)15(3)28/h4-6,11-13H,1,7-10H2,2-3H3,(H,23,24). The van der Waals surface area contributed by atoms with Crippen LogP contribution in [0.5, 0.6) is 0 Å². The predicted molar refractivity (Wildman–Crippen MR) is 113 cm³/mol.